The lowest BCUT2D eigenvalue weighted by molar-refractivity contribution is 0.0117. The van der Waals surface area contributed by atoms with Crippen LogP contribution in [0, 0.1) is 5.92 Å². The van der Waals surface area contributed by atoms with Crippen LogP contribution in [0.3, 0.4) is 0 Å². The first kappa shape index (κ1) is 10.9. The molecule has 1 aromatic rings. The van der Waals surface area contributed by atoms with E-state index in [-0.39, 0.29) is 5.60 Å². The molecule has 90 valence electrons. The summed E-state index contributed by atoms with van der Waals surface area (Å²) in [7, 11) is 0. The minimum atomic E-state index is -0.0454. The molecule has 1 heteroatoms. The molecular formula is C16H20O. The monoisotopic (exact) mass is 228 g/mol. The predicted molar refractivity (Wildman–Crippen MR) is 70.4 cm³/mol. The van der Waals surface area contributed by atoms with E-state index in [0.717, 1.165) is 5.75 Å². The van der Waals surface area contributed by atoms with Crippen LogP contribution in [0.2, 0.25) is 0 Å². The highest BCUT2D eigenvalue weighted by Crippen LogP contribution is 2.50. The zero-order valence-corrected chi connectivity index (χ0v) is 10.9. The van der Waals surface area contributed by atoms with Crippen molar-refractivity contribution in [1.82, 2.24) is 0 Å². The van der Waals surface area contributed by atoms with E-state index in [9.17, 15) is 0 Å². The molecule has 0 N–H and O–H groups in total. The second kappa shape index (κ2) is 3.63. The van der Waals surface area contributed by atoms with Crippen LogP contribution in [-0.2, 0) is 0 Å². The average molecular weight is 228 g/mol. The van der Waals surface area contributed by atoms with Crippen LogP contribution in [-0.4, -0.2) is 5.60 Å². The van der Waals surface area contributed by atoms with Crippen molar-refractivity contribution < 1.29 is 4.74 Å². The molecule has 2 unspecified atom stereocenters. The molecule has 0 saturated heterocycles. The topological polar surface area (TPSA) is 9.23 Å². The van der Waals surface area contributed by atoms with E-state index in [4.69, 9.17) is 4.74 Å². The molecule has 17 heavy (non-hydrogen) atoms. The van der Waals surface area contributed by atoms with Gasteiger partial charge in [0.2, 0.25) is 0 Å². The molecule has 0 bridgehead atoms. The van der Waals surface area contributed by atoms with Crippen molar-refractivity contribution in [3.05, 3.63) is 41.5 Å². The Morgan fingerprint density at radius 1 is 1.24 bits per heavy atom. The molecule has 1 nitrogen and oxygen atoms in total. The zero-order chi connectivity index (χ0) is 12.0. The molecule has 0 radical (unpaired) electrons. The number of rotatable bonds is 0. The normalized spacial score (nSPS) is 29.7. The van der Waals surface area contributed by atoms with E-state index in [1.165, 1.54) is 24.0 Å². The van der Waals surface area contributed by atoms with Crippen LogP contribution in [0.1, 0.15) is 45.1 Å². The number of hydrogen-bond donors (Lipinski definition) is 0. The van der Waals surface area contributed by atoms with Crippen molar-refractivity contribution in [3.8, 4) is 5.75 Å². The van der Waals surface area contributed by atoms with Crippen molar-refractivity contribution >= 4 is 0 Å². The molecule has 1 aromatic carbocycles. The average Bonchev–Trinajstić information content (AvgIpc) is 2.28. The second-order valence-corrected chi connectivity index (χ2v) is 5.93. The summed E-state index contributed by atoms with van der Waals surface area (Å²) in [4.78, 5) is 0. The molecule has 0 aromatic heterocycles. The second-order valence-electron chi connectivity index (χ2n) is 5.93. The van der Waals surface area contributed by atoms with Gasteiger partial charge < -0.3 is 4.74 Å². The predicted octanol–water partition coefficient (Wildman–Crippen LogP) is 4.30. The summed E-state index contributed by atoms with van der Waals surface area (Å²) < 4.78 is 6.19. The van der Waals surface area contributed by atoms with Crippen molar-refractivity contribution in [2.75, 3.05) is 0 Å². The number of para-hydroxylation sites is 1. The van der Waals surface area contributed by atoms with E-state index in [1.807, 2.05) is 0 Å². The Morgan fingerprint density at radius 2 is 2.00 bits per heavy atom. The summed E-state index contributed by atoms with van der Waals surface area (Å²) in [6.45, 7) is 6.71. The van der Waals surface area contributed by atoms with E-state index in [0.29, 0.717) is 11.8 Å². The lowest BCUT2D eigenvalue weighted by Gasteiger charge is -2.46. The first-order chi connectivity index (χ1) is 8.08. The lowest BCUT2D eigenvalue weighted by Crippen LogP contribution is -2.45. The highest BCUT2D eigenvalue weighted by molar-refractivity contribution is 5.43. The van der Waals surface area contributed by atoms with Gasteiger partial charge in [-0.05, 0) is 39.7 Å². The van der Waals surface area contributed by atoms with Crippen LogP contribution < -0.4 is 4.74 Å². The first-order valence-corrected chi connectivity index (χ1v) is 6.53. The summed E-state index contributed by atoms with van der Waals surface area (Å²) in [6, 6.07) is 8.51. The third kappa shape index (κ3) is 1.69. The van der Waals surface area contributed by atoms with Gasteiger partial charge in [0.25, 0.3) is 0 Å². The van der Waals surface area contributed by atoms with Crippen molar-refractivity contribution in [2.24, 2.45) is 5.92 Å². The fourth-order valence-electron chi connectivity index (χ4n) is 3.36. The first-order valence-electron chi connectivity index (χ1n) is 6.53. The summed E-state index contributed by atoms with van der Waals surface area (Å²) >= 11 is 0. The number of allylic oxidation sites excluding steroid dienone is 2. The van der Waals surface area contributed by atoms with Crippen molar-refractivity contribution in [1.29, 1.82) is 0 Å². The van der Waals surface area contributed by atoms with Gasteiger partial charge in [0.15, 0.2) is 0 Å². The van der Waals surface area contributed by atoms with Crippen molar-refractivity contribution in [2.45, 2.75) is 45.1 Å². The van der Waals surface area contributed by atoms with E-state index < -0.39 is 0 Å². The molecule has 0 saturated carbocycles. The third-order valence-corrected chi connectivity index (χ3v) is 4.29. The lowest BCUT2D eigenvalue weighted by atomic mass is 9.68. The zero-order valence-electron chi connectivity index (χ0n) is 10.9. The number of benzene rings is 1. The Hall–Kier alpha value is -1.24. The Bertz CT molecular complexity index is 470. The molecule has 1 heterocycles. The van der Waals surface area contributed by atoms with Crippen molar-refractivity contribution in [3.63, 3.8) is 0 Å². The maximum absolute atomic E-state index is 6.19. The summed E-state index contributed by atoms with van der Waals surface area (Å²) in [6.07, 6.45) is 4.92. The number of ether oxygens (including phenoxy) is 1. The van der Waals surface area contributed by atoms with Gasteiger partial charge in [0.05, 0.1) is 0 Å². The van der Waals surface area contributed by atoms with Crippen LogP contribution in [0.4, 0.5) is 0 Å². The van der Waals surface area contributed by atoms with Crippen LogP contribution >= 0.6 is 0 Å². The standard InChI is InChI=1S/C16H20O/c1-11-8-9-14-13(10-11)12-6-4-5-7-15(12)17-16(14,2)3/h4-7,10,13-14H,8-9H2,1-3H3. The maximum Gasteiger partial charge on any atom is 0.123 e. The van der Waals surface area contributed by atoms with Gasteiger partial charge >= 0.3 is 0 Å². The van der Waals surface area contributed by atoms with Crippen LogP contribution in [0.25, 0.3) is 0 Å². The van der Waals surface area contributed by atoms with Gasteiger partial charge in [-0.25, -0.2) is 0 Å². The van der Waals surface area contributed by atoms with Gasteiger partial charge in [-0.15, -0.1) is 0 Å². The molecule has 0 amide bonds. The van der Waals surface area contributed by atoms with E-state index >= 15 is 0 Å². The molecule has 2 atom stereocenters. The smallest absolute Gasteiger partial charge is 0.123 e. The molecule has 0 spiro atoms. The molecule has 1 aliphatic heterocycles. The highest BCUT2D eigenvalue weighted by Gasteiger charge is 2.43. The Kier molecular flexibility index (Phi) is 2.32. The van der Waals surface area contributed by atoms with Crippen LogP contribution in [0.5, 0.6) is 5.75 Å². The van der Waals surface area contributed by atoms with E-state index in [1.54, 1.807) is 0 Å². The van der Waals surface area contributed by atoms with Gasteiger partial charge in [0, 0.05) is 17.4 Å². The maximum atomic E-state index is 6.19. The van der Waals surface area contributed by atoms with Gasteiger partial charge in [0.1, 0.15) is 11.4 Å². The quantitative estimate of drug-likeness (QED) is 0.602. The fraction of sp³-hybridized carbons (Fsp3) is 0.500. The summed E-state index contributed by atoms with van der Waals surface area (Å²) in [5.41, 5.74) is 2.85. The molecule has 0 fully saturated rings. The van der Waals surface area contributed by atoms with Gasteiger partial charge in [-0.2, -0.15) is 0 Å². The minimum absolute atomic E-state index is 0.0454. The molecular weight excluding hydrogens is 208 g/mol. The third-order valence-electron chi connectivity index (χ3n) is 4.29. The minimum Gasteiger partial charge on any atom is -0.487 e. The molecule has 2 aliphatic rings. The number of fused-ring (bicyclic) bond motifs is 3. The van der Waals surface area contributed by atoms with Gasteiger partial charge in [-0.3, -0.25) is 0 Å². The Morgan fingerprint density at radius 3 is 2.82 bits per heavy atom. The molecule has 3 rings (SSSR count). The molecule has 1 aliphatic carbocycles. The highest BCUT2D eigenvalue weighted by atomic mass is 16.5. The Labute approximate surface area is 103 Å². The van der Waals surface area contributed by atoms with E-state index in [2.05, 4.69) is 51.1 Å². The summed E-state index contributed by atoms with van der Waals surface area (Å²) in [5.74, 6) is 2.23. The van der Waals surface area contributed by atoms with Gasteiger partial charge in [-0.1, -0.05) is 29.8 Å². The SMILES string of the molecule is CC1=CC2c3ccccc3OC(C)(C)C2CC1. The van der Waals surface area contributed by atoms with Crippen LogP contribution in [0.15, 0.2) is 35.9 Å². The Balaban J connectivity index is 2.14. The fourth-order valence-corrected chi connectivity index (χ4v) is 3.36. The summed E-state index contributed by atoms with van der Waals surface area (Å²) in [5, 5.41) is 0. The largest absolute Gasteiger partial charge is 0.487 e. The number of hydrogen-bond acceptors (Lipinski definition) is 1.